The van der Waals surface area contributed by atoms with Crippen molar-refractivity contribution in [3.63, 3.8) is 0 Å². The molecule has 0 saturated carbocycles. The summed E-state index contributed by atoms with van der Waals surface area (Å²) in [6.45, 7) is 0.188. The lowest BCUT2D eigenvalue weighted by Crippen LogP contribution is -2.37. The number of fused-ring (bicyclic) bond motifs is 1. The predicted molar refractivity (Wildman–Crippen MR) is 119 cm³/mol. The molecule has 11 heteroatoms. The number of carbonyl (C=O) groups excluding carboxylic acids is 1. The molecule has 1 aliphatic heterocycles. The van der Waals surface area contributed by atoms with Gasteiger partial charge in [-0.2, -0.15) is 13.2 Å². The number of hydrogen-bond donors (Lipinski definition) is 2. The van der Waals surface area contributed by atoms with Crippen LogP contribution >= 0.6 is 0 Å². The Bertz CT molecular complexity index is 1390. The molecule has 3 aromatic rings. The second kappa shape index (κ2) is 8.32. The number of phenolic OH excluding ortho intramolecular Hbond substituents is 1. The summed E-state index contributed by atoms with van der Waals surface area (Å²) in [7, 11) is -3.68. The van der Waals surface area contributed by atoms with Gasteiger partial charge in [-0.25, -0.2) is 12.8 Å². The highest BCUT2D eigenvalue weighted by molar-refractivity contribution is 7.92. The summed E-state index contributed by atoms with van der Waals surface area (Å²) in [5, 5.41) is 9.91. The molecule has 0 aliphatic carbocycles. The first-order chi connectivity index (χ1) is 15.8. The summed E-state index contributed by atoms with van der Waals surface area (Å²) in [5.74, 6) is -1.62. The number of hydrogen-bond acceptors (Lipinski definition) is 4. The van der Waals surface area contributed by atoms with Crippen molar-refractivity contribution in [1.29, 1.82) is 0 Å². The van der Waals surface area contributed by atoms with Crippen LogP contribution in [-0.2, 0) is 22.6 Å². The van der Waals surface area contributed by atoms with Crippen LogP contribution in [0.3, 0.4) is 0 Å². The Morgan fingerprint density at radius 3 is 2.29 bits per heavy atom. The average molecular weight is 494 g/mol. The lowest BCUT2D eigenvalue weighted by atomic mass is 9.93. The van der Waals surface area contributed by atoms with E-state index in [9.17, 15) is 35.9 Å². The maximum absolute atomic E-state index is 14.9. The van der Waals surface area contributed by atoms with Crippen LogP contribution in [0.5, 0.6) is 5.75 Å². The molecule has 34 heavy (non-hydrogen) atoms. The zero-order valence-electron chi connectivity index (χ0n) is 17.6. The Morgan fingerprint density at radius 2 is 1.68 bits per heavy atom. The summed E-state index contributed by atoms with van der Waals surface area (Å²) in [6, 6.07) is 10.6. The maximum Gasteiger partial charge on any atom is 0.416 e. The number of amides is 1. The molecule has 6 nitrogen and oxygen atoms in total. The van der Waals surface area contributed by atoms with Gasteiger partial charge in [-0.3, -0.25) is 9.52 Å². The fourth-order valence-corrected chi connectivity index (χ4v) is 4.35. The highest BCUT2D eigenvalue weighted by Crippen LogP contribution is 2.35. The number of nitrogens with zero attached hydrogens (tertiary/aromatic N) is 1. The highest BCUT2D eigenvalue weighted by Gasteiger charge is 2.31. The molecule has 0 unspecified atom stereocenters. The summed E-state index contributed by atoms with van der Waals surface area (Å²) in [5.41, 5.74) is 0.292. The van der Waals surface area contributed by atoms with E-state index in [2.05, 4.69) is 4.72 Å². The molecule has 2 N–H and O–H groups in total. The van der Waals surface area contributed by atoms with E-state index in [1.807, 2.05) is 0 Å². The zero-order chi connectivity index (χ0) is 24.8. The summed E-state index contributed by atoms with van der Waals surface area (Å²) in [6.07, 6.45) is -3.27. The Labute approximate surface area is 192 Å². The number of rotatable bonds is 4. The molecule has 1 heterocycles. The molecule has 0 radical (unpaired) electrons. The average Bonchev–Trinajstić information content (AvgIpc) is 2.74. The van der Waals surface area contributed by atoms with Crippen molar-refractivity contribution >= 4 is 27.3 Å². The Balaban J connectivity index is 1.66. The Morgan fingerprint density at radius 1 is 1.00 bits per heavy atom. The van der Waals surface area contributed by atoms with Crippen molar-refractivity contribution < 1.29 is 35.9 Å². The number of phenols is 1. The zero-order valence-corrected chi connectivity index (χ0v) is 18.5. The van der Waals surface area contributed by atoms with Crippen LogP contribution in [0.1, 0.15) is 21.5 Å². The van der Waals surface area contributed by atoms with E-state index < -0.39 is 33.5 Å². The summed E-state index contributed by atoms with van der Waals surface area (Å²) in [4.78, 5) is 14.4. The van der Waals surface area contributed by atoms with Gasteiger partial charge in [0.05, 0.1) is 17.5 Å². The van der Waals surface area contributed by atoms with E-state index in [1.165, 1.54) is 41.3 Å². The second-order valence-corrected chi connectivity index (χ2v) is 9.60. The highest BCUT2D eigenvalue weighted by atomic mass is 32.2. The topological polar surface area (TPSA) is 86.7 Å². The van der Waals surface area contributed by atoms with Gasteiger partial charge in [-0.1, -0.05) is 12.1 Å². The largest absolute Gasteiger partial charge is 0.506 e. The predicted octanol–water partition coefficient (Wildman–Crippen LogP) is 4.79. The molecule has 0 atom stereocenters. The first kappa shape index (κ1) is 23.6. The van der Waals surface area contributed by atoms with Crippen molar-refractivity contribution in [2.45, 2.75) is 12.6 Å². The third-order valence-corrected chi connectivity index (χ3v) is 5.97. The van der Waals surface area contributed by atoms with Gasteiger partial charge in [0.15, 0.2) is 0 Å². The molecule has 0 aromatic heterocycles. The van der Waals surface area contributed by atoms with Gasteiger partial charge in [0.2, 0.25) is 10.0 Å². The van der Waals surface area contributed by atoms with Crippen molar-refractivity contribution in [3.05, 3.63) is 77.1 Å². The molecule has 0 saturated heterocycles. The number of benzene rings is 3. The number of halogens is 4. The first-order valence-electron chi connectivity index (χ1n) is 9.96. The van der Waals surface area contributed by atoms with Crippen LogP contribution < -0.4 is 9.62 Å². The van der Waals surface area contributed by atoms with Gasteiger partial charge in [0.1, 0.15) is 11.6 Å². The van der Waals surface area contributed by atoms with Crippen molar-refractivity contribution in [1.82, 2.24) is 0 Å². The minimum Gasteiger partial charge on any atom is -0.506 e. The van der Waals surface area contributed by atoms with Crippen molar-refractivity contribution in [2.24, 2.45) is 0 Å². The van der Waals surface area contributed by atoms with E-state index in [4.69, 9.17) is 0 Å². The van der Waals surface area contributed by atoms with Gasteiger partial charge in [-0.05, 0) is 60.0 Å². The van der Waals surface area contributed by atoms with E-state index in [0.29, 0.717) is 17.7 Å². The van der Waals surface area contributed by atoms with Crippen LogP contribution in [0.25, 0.3) is 11.1 Å². The number of aromatic hydroxyl groups is 1. The van der Waals surface area contributed by atoms with Gasteiger partial charge in [0, 0.05) is 23.4 Å². The number of anilines is 2. The lowest BCUT2D eigenvalue weighted by molar-refractivity contribution is -0.137. The quantitative estimate of drug-likeness (QED) is 0.403. The van der Waals surface area contributed by atoms with Gasteiger partial charge >= 0.3 is 6.18 Å². The van der Waals surface area contributed by atoms with Crippen LogP contribution in [0.4, 0.5) is 28.9 Å². The number of carbonyl (C=O) groups is 1. The van der Waals surface area contributed by atoms with Crippen LogP contribution in [0, 0.1) is 5.82 Å². The fourth-order valence-electron chi connectivity index (χ4n) is 3.78. The van der Waals surface area contributed by atoms with Crippen LogP contribution in [0.2, 0.25) is 0 Å². The van der Waals surface area contributed by atoms with E-state index in [0.717, 1.165) is 24.5 Å². The molecule has 0 spiro atoms. The third kappa shape index (κ3) is 4.69. The number of sulfonamides is 1. The fraction of sp³-hybridized carbons (Fsp3) is 0.174. The minimum absolute atomic E-state index is 0.0815. The van der Waals surface area contributed by atoms with Gasteiger partial charge in [0.25, 0.3) is 5.91 Å². The summed E-state index contributed by atoms with van der Waals surface area (Å²) >= 11 is 0. The Hall–Kier alpha value is -3.60. The van der Waals surface area contributed by atoms with Gasteiger partial charge < -0.3 is 10.0 Å². The second-order valence-electron chi connectivity index (χ2n) is 7.85. The first-order valence-corrected chi connectivity index (χ1v) is 11.9. The molecule has 0 bridgehead atoms. The minimum atomic E-state index is -4.51. The molecular weight excluding hydrogens is 476 g/mol. The lowest BCUT2D eigenvalue weighted by Gasteiger charge is -2.29. The normalized spacial score (nSPS) is 14.1. The molecule has 1 amide bonds. The number of nitrogens with one attached hydrogen (secondary N) is 1. The van der Waals surface area contributed by atoms with Crippen molar-refractivity contribution in [3.8, 4) is 16.9 Å². The molecule has 1 aliphatic rings. The van der Waals surface area contributed by atoms with Crippen LogP contribution in [0.15, 0.2) is 54.6 Å². The smallest absolute Gasteiger partial charge is 0.416 e. The summed E-state index contributed by atoms with van der Waals surface area (Å²) < 4.78 is 78.5. The Kier molecular flexibility index (Phi) is 5.76. The standard InChI is InChI=1S/C23H18F4N2O4S/c1-34(32,33)28-20-11-16(6-7-21(20)30)29-9-8-14-10-17(19(24)12-18(14)22(29)31)13-2-4-15(5-3-13)23(25,26)27/h2-7,10-12,28,30H,8-9H2,1H3. The maximum atomic E-state index is 14.9. The van der Waals surface area contributed by atoms with E-state index in [1.54, 1.807) is 0 Å². The van der Waals surface area contributed by atoms with E-state index >= 15 is 0 Å². The number of alkyl halides is 3. The third-order valence-electron chi connectivity index (χ3n) is 5.38. The van der Waals surface area contributed by atoms with Crippen molar-refractivity contribution in [2.75, 3.05) is 22.4 Å². The molecule has 4 rings (SSSR count). The van der Waals surface area contributed by atoms with Crippen LogP contribution in [-0.4, -0.2) is 32.2 Å². The molecule has 178 valence electrons. The van der Waals surface area contributed by atoms with E-state index in [-0.39, 0.29) is 34.7 Å². The van der Waals surface area contributed by atoms with Gasteiger partial charge in [-0.15, -0.1) is 0 Å². The molecule has 0 fully saturated rings. The molecule has 3 aromatic carbocycles. The molecular formula is C23H18F4N2O4S. The monoisotopic (exact) mass is 494 g/mol. The SMILES string of the molecule is CS(=O)(=O)Nc1cc(N2CCc3cc(-c4ccc(C(F)(F)F)cc4)c(F)cc3C2=O)ccc1O.